The standard InChI is InChI=1S/C54H77F2N9O6/c1-68-35-38-31-39(32-38)49(53(66)57-42-9-3-36(4-10-42)15-19-61-23-27-64(28-24-61)51-45-33-40(55)7-13-47(45)70-59-51)50(63-21-17-44(69-2)18-22-63)54(67)58-43-11-5-37(6-12-43)16-20-62-25-29-65(30-26-62)52-46-34-41(56)8-14-48(46)71-60-52/h7-8,13-14,33-34,36-39,42-44,49-50H,3-6,9-12,15-32,35H2,1-2H3,(H,57,66)(H,58,67). The summed E-state index contributed by atoms with van der Waals surface area (Å²) >= 11 is 0. The monoisotopic (exact) mass is 986 g/mol. The average Bonchev–Trinajstić information content (AvgIpc) is 4.00. The number of hydrogen-bond acceptors (Lipinski definition) is 13. The molecule has 3 saturated heterocycles. The molecule has 2 aromatic carbocycles. The number of hydrogen-bond donors (Lipinski definition) is 2. The van der Waals surface area contributed by atoms with Gasteiger partial charge in [0.1, 0.15) is 17.7 Å². The van der Waals surface area contributed by atoms with Crippen molar-refractivity contribution in [3.63, 3.8) is 0 Å². The number of benzene rings is 2. The Morgan fingerprint density at radius 2 is 1.11 bits per heavy atom. The summed E-state index contributed by atoms with van der Waals surface area (Å²) in [6.45, 7) is 11.3. The van der Waals surface area contributed by atoms with Crippen molar-refractivity contribution in [1.29, 1.82) is 0 Å². The molecule has 2 unspecified atom stereocenters. The number of anilines is 2. The molecular formula is C54H77F2N9O6. The van der Waals surface area contributed by atoms with E-state index in [9.17, 15) is 18.4 Å². The number of rotatable bonds is 18. The van der Waals surface area contributed by atoms with Crippen LogP contribution in [-0.2, 0) is 19.1 Å². The molecule has 15 nitrogen and oxygen atoms in total. The summed E-state index contributed by atoms with van der Waals surface area (Å²) in [5, 5.41) is 17.1. The molecular weight excluding hydrogens is 909 g/mol. The molecule has 0 radical (unpaired) electrons. The molecule has 2 aromatic heterocycles. The first-order chi connectivity index (χ1) is 34.7. The van der Waals surface area contributed by atoms with E-state index in [-0.39, 0.29) is 47.6 Å². The zero-order valence-electron chi connectivity index (χ0n) is 42.1. The zero-order chi connectivity index (χ0) is 48.8. The predicted molar refractivity (Wildman–Crippen MR) is 269 cm³/mol. The van der Waals surface area contributed by atoms with Crippen LogP contribution >= 0.6 is 0 Å². The fraction of sp³-hybridized carbons (Fsp3) is 0.704. The average molecular weight is 986 g/mol. The number of likely N-dealkylation sites (tertiary alicyclic amines) is 1. The van der Waals surface area contributed by atoms with Crippen molar-refractivity contribution in [2.24, 2.45) is 29.6 Å². The van der Waals surface area contributed by atoms with Gasteiger partial charge in [-0.3, -0.25) is 24.3 Å². The number of carbonyl (C=O) groups excluding carboxylic acids is 2. The molecule has 0 bridgehead atoms. The van der Waals surface area contributed by atoms with Crippen molar-refractivity contribution in [1.82, 2.24) is 35.6 Å². The van der Waals surface area contributed by atoms with Gasteiger partial charge in [-0.25, -0.2) is 8.78 Å². The topological polar surface area (TPSA) is 145 Å². The number of amides is 2. The number of fused-ring (bicyclic) bond motifs is 2. The lowest BCUT2D eigenvalue weighted by molar-refractivity contribution is -0.144. The van der Waals surface area contributed by atoms with E-state index >= 15 is 0 Å². The molecule has 6 fully saturated rings. The van der Waals surface area contributed by atoms with E-state index in [0.717, 1.165) is 191 Å². The summed E-state index contributed by atoms with van der Waals surface area (Å²) in [5.74, 6) is 2.31. The number of piperidine rings is 1. The van der Waals surface area contributed by atoms with Crippen LogP contribution in [0.5, 0.6) is 0 Å². The molecule has 3 aliphatic carbocycles. The molecule has 10 rings (SSSR count). The Morgan fingerprint density at radius 3 is 1.58 bits per heavy atom. The summed E-state index contributed by atoms with van der Waals surface area (Å²) < 4.78 is 50.3. The van der Waals surface area contributed by atoms with Crippen molar-refractivity contribution < 1.29 is 36.9 Å². The Hall–Kier alpha value is -4.42. The van der Waals surface area contributed by atoms with Crippen molar-refractivity contribution in [3.8, 4) is 0 Å². The molecule has 71 heavy (non-hydrogen) atoms. The van der Waals surface area contributed by atoms with Crippen LogP contribution in [0.1, 0.15) is 89.9 Å². The molecule has 6 aliphatic rings. The first-order valence-electron chi connectivity index (χ1n) is 27.1. The number of halogens is 2. The number of aromatic nitrogens is 2. The molecule has 2 amide bonds. The third-order valence-electron chi connectivity index (χ3n) is 17.6. The first kappa shape index (κ1) is 50.1. The minimum absolute atomic E-state index is 0.0213. The highest BCUT2D eigenvalue weighted by Crippen LogP contribution is 2.43. The van der Waals surface area contributed by atoms with Gasteiger partial charge < -0.3 is 39.0 Å². The number of carbonyl (C=O) groups is 2. The predicted octanol–water partition coefficient (Wildman–Crippen LogP) is 7.09. The Balaban J connectivity index is 0.703. The van der Waals surface area contributed by atoms with Crippen molar-refractivity contribution >= 4 is 45.4 Å². The fourth-order valence-corrected chi connectivity index (χ4v) is 13.1. The summed E-state index contributed by atoms with van der Waals surface area (Å²) in [6.07, 6.45) is 14.1. The van der Waals surface area contributed by atoms with Gasteiger partial charge in [-0.2, -0.15) is 0 Å². The second kappa shape index (κ2) is 23.2. The van der Waals surface area contributed by atoms with Gasteiger partial charge in [0.25, 0.3) is 0 Å². The van der Waals surface area contributed by atoms with Crippen LogP contribution in [-0.4, -0.2) is 160 Å². The lowest BCUT2D eigenvalue weighted by Gasteiger charge is -2.47. The van der Waals surface area contributed by atoms with Gasteiger partial charge in [0.2, 0.25) is 11.8 Å². The van der Waals surface area contributed by atoms with E-state index in [2.05, 4.69) is 45.4 Å². The van der Waals surface area contributed by atoms with E-state index < -0.39 is 12.0 Å². The van der Waals surface area contributed by atoms with Gasteiger partial charge in [-0.1, -0.05) is 10.3 Å². The van der Waals surface area contributed by atoms with E-state index in [1.165, 1.54) is 24.3 Å². The highest BCUT2D eigenvalue weighted by molar-refractivity contribution is 5.91. The third-order valence-corrected chi connectivity index (χ3v) is 17.6. The maximum atomic E-state index is 14.9. The molecule has 5 heterocycles. The van der Waals surface area contributed by atoms with Crippen LogP contribution in [0.4, 0.5) is 20.4 Å². The normalized spacial score (nSPS) is 27.4. The molecule has 3 aliphatic heterocycles. The van der Waals surface area contributed by atoms with Gasteiger partial charge in [0.05, 0.1) is 22.8 Å². The number of ether oxygens (including phenoxy) is 2. The van der Waals surface area contributed by atoms with Crippen LogP contribution in [0, 0.1) is 41.2 Å². The van der Waals surface area contributed by atoms with Crippen molar-refractivity contribution in [2.75, 3.05) is 109 Å². The quantitative estimate of drug-likeness (QED) is 0.105. The number of nitrogens with one attached hydrogen (secondary N) is 2. The van der Waals surface area contributed by atoms with Gasteiger partial charge >= 0.3 is 0 Å². The minimum atomic E-state index is -0.520. The second-order valence-electron chi connectivity index (χ2n) is 22.0. The summed E-state index contributed by atoms with van der Waals surface area (Å²) in [5.41, 5.74) is 1.22. The van der Waals surface area contributed by atoms with Crippen molar-refractivity contribution in [2.45, 2.75) is 114 Å². The number of piperazine rings is 2. The van der Waals surface area contributed by atoms with Crippen LogP contribution < -0.4 is 20.4 Å². The largest absolute Gasteiger partial charge is 0.384 e. The number of nitrogens with zero attached hydrogens (tertiary/aromatic N) is 7. The van der Waals surface area contributed by atoms with Crippen LogP contribution in [0.2, 0.25) is 0 Å². The molecule has 0 spiro atoms. The minimum Gasteiger partial charge on any atom is -0.384 e. The summed E-state index contributed by atoms with van der Waals surface area (Å²) in [6, 6.07) is 8.81. The Labute approximate surface area is 417 Å². The molecule has 2 atom stereocenters. The van der Waals surface area contributed by atoms with E-state index in [1.807, 2.05) is 0 Å². The van der Waals surface area contributed by atoms with E-state index in [1.54, 1.807) is 26.4 Å². The first-order valence-corrected chi connectivity index (χ1v) is 27.1. The zero-order valence-corrected chi connectivity index (χ0v) is 42.1. The molecule has 17 heteroatoms. The fourth-order valence-electron chi connectivity index (χ4n) is 13.1. The van der Waals surface area contributed by atoms with Crippen molar-refractivity contribution in [3.05, 3.63) is 48.0 Å². The van der Waals surface area contributed by atoms with Crippen LogP contribution in [0.3, 0.4) is 0 Å². The lowest BCUT2D eigenvalue weighted by Crippen LogP contribution is -2.61. The Morgan fingerprint density at radius 1 is 0.634 bits per heavy atom. The smallest absolute Gasteiger partial charge is 0.238 e. The molecule has 4 aromatic rings. The Bertz CT molecular complexity index is 2360. The lowest BCUT2D eigenvalue weighted by atomic mass is 9.65. The highest BCUT2D eigenvalue weighted by atomic mass is 19.1. The van der Waals surface area contributed by atoms with Crippen LogP contribution in [0.25, 0.3) is 21.9 Å². The van der Waals surface area contributed by atoms with Gasteiger partial charge in [0.15, 0.2) is 22.8 Å². The van der Waals surface area contributed by atoms with E-state index in [0.29, 0.717) is 35.5 Å². The summed E-state index contributed by atoms with van der Waals surface area (Å²) in [7, 11) is 3.52. The van der Waals surface area contributed by atoms with E-state index in [4.69, 9.17) is 18.5 Å². The molecule has 388 valence electrons. The molecule has 3 saturated carbocycles. The van der Waals surface area contributed by atoms with Gasteiger partial charge in [-0.05, 0) is 163 Å². The highest BCUT2D eigenvalue weighted by Gasteiger charge is 2.49. The molecule has 2 N–H and O–H groups in total. The number of methoxy groups -OCH3 is 2. The second-order valence-corrected chi connectivity index (χ2v) is 22.0. The Kier molecular flexibility index (Phi) is 16.4. The van der Waals surface area contributed by atoms with Gasteiger partial charge in [-0.15, -0.1) is 0 Å². The maximum Gasteiger partial charge on any atom is 0.238 e. The van der Waals surface area contributed by atoms with Crippen LogP contribution in [0.15, 0.2) is 45.4 Å². The summed E-state index contributed by atoms with van der Waals surface area (Å²) in [4.78, 5) is 41.5. The third kappa shape index (κ3) is 12.0. The maximum absolute atomic E-state index is 14.9. The van der Waals surface area contributed by atoms with Gasteiger partial charge in [0, 0.05) is 98.4 Å². The SMILES string of the molecule is COCC1CC(C(C(=O)NC2CCC(CCN3CCN(c4noc5ccc(F)cc45)CC3)CC2)C(C(=O)NC2CCC(CCN3CCN(c4noc5ccc(F)cc45)CC3)CC2)N2CCC(OC)CC2)C1.